The van der Waals surface area contributed by atoms with E-state index in [1.165, 1.54) is 0 Å². The van der Waals surface area contributed by atoms with Gasteiger partial charge in [0, 0.05) is 6.61 Å². The molecular formula is C20H26O3. The van der Waals surface area contributed by atoms with Gasteiger partial charge in [-0.25, -0.2) is 0 Å². The summed E-state index contributed by atoms with van der Waals surface area (Å²) in [5, 5.41) is 19.0. The van der Waals surface area contributed by atoms with Crippen LogP contribution in [0.3, 0.4) is 0 Å². The zero-order valence-electron chi connectivity index (χ0n) is 13.7. The van der Waals surface area contributed by atoms with Crippen LogP contribution in [0.15, 0.2) is 48.5 Å². The van der Waals surface area contributed by atoms with Crippen LogP contribution in [0.5, 0.6) is 5.75 Å². The summed E-state index contributed by atoms with van der Waals surface area (Å²) < 4.78 is 5.45. The number of rotatable bonds is 9. The standard InChI is InChI=1S/C20H26O3/c1-2-23-19-13-11-17(12-14-19)16-7-9-18(10-8-16)20(22)6-4-3-5-15-21/h7-14,20-22H,2-6,15H2,1H3. The highest BCUT2D eigenvalue weighted by Gasteiger charge is 2.07. The third-order valence-electron chi connectivity index (χ3n) is 3.93. The third kappa shape index (κ3) is 5.38. The predicted octanol–water partition coefficient (Wildman–Crippen LogP) is 4.34. The summed E-state index contributed by atoms with van der Waals surface area (Å²) in [7, 11) is 0. The molecule has 0 spiro atoms. The van der Waals surface area contributed by atoms with Crippen molar-refractivity contribution in [3.8, 4) is 16.9 Å². The Balaban J connectivity index is 1.95. The zero-order valence-corrected chi connectivity index (χ0v) is 13.7. The summed E-state index contributed by atoms with van der Waals surface area (Å²) in [6, 6.07) is 16.1. The highest BCUT2D eigenvalue weighted by atomic mass is 16.5. The van der Waals surface area contributed by atoms with Crippen LogP contribution in [0.25, 0.3) is 11.1 Å². The molecule has 0 aliphatic carbocycles. The van der Waals surface area contributed by atoms with E-state index in [-0.39, 0.29) is 6.61 Å². The van der Waals surface area contributed by atoms with Crippen molar-refractivity contribution in [2.24, 2.45) is 0 Å². The Bertz CT molecular complexity index is 560. The van der Waals surface area contributed by atoms with Crippen LogP contribution < -0.4 is 4.74 Å². The Morgan fingerprint density at radius 3 is 2.04 bits per heavy atom. The van der Waals surface area contributed by atoms with Gasteiger partial charge < -0.3 is 14.9 Å². The van der Waals surface area contributed by atoms with Gasteiger partial charge >= 0.3 is 0 Å². The topological polar surface area (TPSA) is 49.7 Å². The van der Waals surface area contributed by atoms with E-state index in [1.807, 2.05) is 55.5 Å². The van der Waals surface area contributed by atoms with Gasteiger partial charge in [-0.3, -0.25) is 0 Å². The maximum absolute atomic E-state index is 10.2. The van der Waals surface area contributed by atoms with Gasteiger partial charge in [0.15, 0.2) is 0 Å². The molecule has 2 N–H and O–H groups in total. The van der Waals surface area contributed by atoms with E-state index >= 15 is 0 Å². The van der Waals surface area contributed by atoms with Gasteiger partial charge in [0.25, 0.3) is 0 Å². The molecule has 1 unspecified atom stereocenters. The van der Waals surface area contributed by atoms with Crippen molar-refractivity contribution in [2.45, 2.75) is 38.7 Å². The molecule has 2 rings (SSSR count). The molecule has 1 atom stereocenters. The summed E-state index contributed by atoms with van der Waals surface area (Å²) in [5.74, 6) is 0.881. The fourth-order valence-corrected chi connectivity index (χ4v) is 2.60. The van der Waals surface area contributed by atoms with Crippen molar-refractivity contribution in [1.29, 1.82) is 0 Å². The molecule has 0 bridgehead atoms. The first-order valence-electron chi connectivity index (χ1n) is 8.36. The minimum Gasteiger partial charge on any atom is -0.494 e. The summed E-state index contributed by atoms with van der Waals surface area (Å²) >= 11 is 0. The minimum atomic E-state index is -0.428. The van der Waals surface area contributed by atoms with Crippen LogP contribution in [0.2, 0.25) is 0 Å². The summed E-state index contributed by atoms with van der Waals surface area (Å²) in [5.41, 5.74) is 3.21. The molecule has 2 aromatic carbocycles. The quantitative estimate of drug-likeness (QED) is 0.677. The van der Waals surface area contributed by atoms with E-state index < -0.39 is 6.10 Å². The number of unbranched alkanes of at least 4 members (excludes halogenated alkanes) is 2. The Morgan fingerprint density at radius 1 is 0.870 bits per heavy atom. The number of ether oxygens (including phenoxy) is 1. The molecule has 0 amide bonds. The Hall–Kier alpha value is -1.84. The van der Waals surface area contributed by atoms with E-state index in [2.05, 4.69) is 0 Å². The Morgan fingerprint density at radius 2 is 1.48 bits per heavy atom. The summed E-state index contributed by atoms with van der Waals surface area (Å²) in [6.07, 6.45) is 3.01. The monoisotopic (exact) mass is 314 g/mol. The maximum Gasteiger partial charge on any atom is 0.119 e. The van der Waals surface area contributed by atoms with Crippen molar-refractivity contribution in [1.82, 2.24) is 0 Å². The average Bonchev–Trinajstić information content (AvgIpc) is 2.60. The van der Waals surface area contributed by atoms with Crippen LogP contribution in [0.1, 0.15) is 44.3 Å². The molecule has 0 fully saturated rings. The van der Waals surface area contributed by atoms with Crippen molar-refractivity contribution >= 4 is 0 Å². The van der Waals surface area contributed by atoms with Gasteiger partial charge in [0.2, 0.25) is 0 Å². The second-order valence-corrected chi connectivity index (χ2v) is 5.67. The first kappa shape index (κ1) is 17.5. The lowest BCUT2D eigenvalue weighted by molar-refractivity contribution is 0.162. The third-order valence-corrected chi connectivity index (χ3v) is 3.93. The number of benzene rings is 2. The van der Waals surface area contributed by atoms with Gasteiger partial charge in [-0.1, -0.05) is 49.2 Å². The fourth-order valence-electron chi connectivity index (χ4n) is 2.60. The van der Waals surface area contributed by atoms with Crippen LogP contribution in [0, 0.1) is 0 Å². The van der Waals surface area contributed by atoms with Crippen molar-refractivity contribution in [2.75, 3.05) is 13.2 Å². The number of hydrogen-bond donors (Lipinski definition) is 2. The van der Waals surface area contributed by atoms with E-state index in [9.17, 15) is 5.11 Å². The highest BCUT2D eigenvalue weighted by Crippen LogP contribution is 2.26. The lowest BCUT2D eigenvalue weighted by Crippen LogP contribution is -1.97. The normalized spacial score (nSPS) is 12.1. The molecule has 3 heteroatoms. The molecular weight excluding hydrogens is 288 g/mol. The molecule has 0 aliphatic heterocycles. The van der Waals surface area contributed by atoms with Gasteiger partial charge in [0.05, 0.1) is 12.7 Å². The van der Waals surface area contributed by atoms with Gasteiger partial charge in [0.1, 0.15) is 5.75 Å². The lowest BCUT2D eigenvalue weighted by atomic mass is 9.99. The molecule has 2 aromatic rings. The zero-order chi connectivity index (χ0) is 16.5. The van der Waals surface area contributed by atoms with Crippen LogP contribution in [-0.4, -0.2) is 23.4 Å². The smallest absolute Gasteiger partial charge is 0.119 e. The van der Waals surface area contributed by atoms with Crippen molar-refractivity contribution in [3.05, 3.63) is 54.1 Å². The molecule has 0 saturated carbocycles. The molecule has 0 aliphatic rings. The van der Waals surface area contributed by atoms with E-state index in [0.717, 1.165) is 48.1 Å². The van der Waals surface area contributed by atoms with Gasteiger partial charge in [-0.15, -0.1) is 0 Å². The number of aliphatic hydroxyl groups is 2. The fraction of sp³-hybridized carbons (Fsp3) is 0.400. The second-order valence-electron chi connectivity index (χ2n) is 5.67. The molecule has 0 heterocycles. The Kier molecular flexibility index (Phi) is 7.11. The minimum absolute atomic E-state index is 0.229. The van der Waals surface area contributed by atoms with E-state index in [1.54, 1.807) is 0 Å². The first-order chi connectivity index (χ1) is 11.2. The molecule has 0 aromatic heterocycles. The van der Waals surface area contributed by atoms with E-state index in [0.29, 0.717) is 6.61 Å². The van der Waals surface area contributed by atoms with Crippen molar-refractivity contribution in [3.63, 3.8) is 0 Å². The number of hydrogen-bond acceptors (Lipinski definition) is 3. The Labute approximate surface area is 138 Å². The van der Waals surface area contributed by atoms with Crippen LogP contribution in [0.4, 0.5) is 0 Å². The van der Waals surface area contributed by atoms with Crippen LogP contribution in [-0.2, 0) is 0 Å². The van der Waals surface area contributed by atoms with Crippen molar-refractivity contribution < 1.29 is 14.9 Å². The molecule has 124 valence electrons. The predicted molar refractivity (Wildman–Crippen MR) is 93.6 cm³/mol. The van der Waals surface area contributed by atoms with E-state index in [4.69, 9.17) is 9.84 Å². The van der Waals surface area contributed by atoms with Gasteiger partial charge in [-0.05, 0) is 48.6 Å². The molecule has 0 saturated heterocycles. The van der Waals surface area contributed by atoms with Crippen LogP contribution >= 0.6 is 0 Å². The molecule has 23 heavy (non-hydrogen) atoms. The second kappa shape index (κ2) is 9.33. The largest absolute Gasteiger partial charge is 0.494 e. The lowest BCUT2D eigenvalue weighted by Gasteiger charge is -2.12. The average molecular weight is 314 g/mol. The summed E-state index contributed by atoms with van der Waals surface area (Å²) in [4.78, 5) is 0. The van der Waals surface area contributed by atoms with Gasteiger partial charge in [-0.2, -0.15) is 0 Å². The summed E-state index contributed by atoms with van der Waals surface area (Å²) in [6.45, 7) is 2.87. The molecule has 3 nitrogen and oxygen atoms in total. The number of aliphatic hydroxyl groups excluding tert-OH is 2. The highest BCUT2D eigenvalue weighted by molar-refractivity contribution is 5.64. The first-order valence-corrected chi connectivity index (χ1v) is 8.36. The SMILES string of the molecule is CCOc1ccc(-c2ccc(C(O)CCCCCO)cc2)cc1. The molecule has 0 radical (unpaired) electrons. The maximum atomic E-state index is 10.2.